The highest BCUT2D eigenvalue weighted by molar-refractivity contribution is 5.42. The average molecular weight is 234 g/mol. The van der Waals surface area contributed by atoms with Crippen molar-refractivity contribution in [2.75, 3.05) is 25.0 Å². The van der Waals surface area contributed by atoms with E-state index in [1.807, 2.05) is 19.9 Å². The Hall–Kier alpha value is -1.36. The van der Waals surface area contributed by atoms with Crippen LogP contribution in [0.25, 0.3) is 0 Å². The van der Waals surface area contributed by atoms with Crippen LogP contribution in [0.15, 0.2) is 6.07 Å². The Morgan fingerprint density at radius 2 is 2.18 bits per heavy atom. The molecule has 2 aliphatic rings. The van der Waals surface area contributed by atoms with Gasteiger partial charge in [-0.15, -0.1) is 0 Å². The van der Waals surface area contributed by atoms with Crippen LogP contribution in [0.2, 0.25) is 0 Å². The van der Waals surface area contributed by atoms with Gasteiger partial charge in [0.1, 0.15) is 11.6 Å². The molecule has 17 heavy (non-hydrogen) atoms. The van der Waals surface area contributed by atoms with Crippen molar-refractivity contribution in [1.82, 2.24) is 15.3 Å². The van der Waals surface area contributed by atoms with E-state index in [-0.39, 0.29) is 0 Å². The molecule has 0 radical (unpaired) electrons. The van der Waals surface area contributed by atoms with Crippen molar-refractivity contribution >= 4 is 5.82 Å². The van der Waals surface area contributed by atoms with E-state index in [0.717, 1.165) is 36.6 Å². The first-order chi connectivity index (χ1) is 8.28. The second-order valence-electron chi connectivity index (χ2n) is 4.73. The van der Waals surface area contributed by atoms with Crippen molar-refractivity contribution in [2.45, 2.75) is 19.9 Å². The maximum atomic E-state index is 5.42. The molecule has 2 fully saturated rings. The monoisotopic (exact) mass is 234 g/mol. The zero-order valence-electron chi connectivity index (χ0n) is 10.2. The quantitative estimate of drug-likeness (QED) is 0.807. The second kappa shape index (κ2) is 4.14. The fourth-order valence-electron chi connectivity index (χ4n) is 2.64. The number of nitrogens with zero attached hydrogens (tertiary/aromatic N) is 2. The normalized spacial score (nSPS) is 29.9. The predicted molar refractivity (Wildman–Crippen MR) is 65.2 cm³/mol. The molecule has 2 heterocycles. The maximum Gasteiger partial charge on any atom is 0.218 e. The lowest BCUT2D eigenvalue weighted by Crippen LogP contribution is -2.22. The fraction of sp³-hybridized carbons (Fsp3) is 0.667. The number of aryl methyl sites for hydroxylation is 1. The Morgan fingerprint density at radius 3 is 2.88 bits per heavy atom. The zero-order valence-corrected chi connectivity index (χ0v) is 10.2. The third-order valence-electron chi connectivity index (χ3n) is 3.51. The van der Waals surface area contributed by atoms with Crippen LogP contribution in [0.1, 0.15) is 12.7 Å². The van der Waals surface area contributed by atoms with E-state index < -0.39 is 0 Å². The van der Waals surface area contributed by atoms with Crippen LogP contribution in [0.4, 0.5) is 5.82 Å². The molecule has 0 bridgehead atoms. The Labute approximate surface area is 101 Å². The van der Waals surface area contributed by atoms with Crippen molar-refractivity contribution in [2.24, 2.45) is 11.8 Å². The van der Waals surface area contributed by atoms with Gasteiger partial charge in [0.25, 0.3) is 0 Å². The maximum absolute atomic E-state index is 5.42. The van der Waals surface area contributed by atoms with Gasteiger partial charge >= 0.3 is 0 Å². The van der Waals surface area contributed by atoms with E-state index in [1.165, 1.54) is 0 Å². The summed E-state index contributed by atoms with van der Waals surface area (Å²) in [6.07, 6.45) is 0. The first-order valence-electron chi connectivity index (χ1n) is 6.23. The number of hydrogen-bond donors (Lipinski definition) is 2. The third kappa shape index (κ3) is 2.07. The largest absolute Gasteiger partial charge is 0.478 e. The standard InChI is InChI=1S/C12H18N4O/c1-3-17-11-4-10(14-7(2)15-11)16-12-8-5-13-6-9(8)12/h4,8-9,12-13H,3,5-6H2,1-2H3,(H,14,15,16). The van der Waals surface area contributed by atoms with Crippen molar-refractivity contribution < 1.29 is 4.74 Å². The van der Waals surface area contributed by atoms with Crippen LogP contribution in [-0.2, 0) is 0 Å². The summed E-state index contributed by atoms with van der Waals surface area (Å²) in [7, 11) is 0. The molecule has 1 saturated heterocycles. The van der Waals surface area contributed by atoms with Crippen LogP contribution >= 0.6 is 0 Å². The van der Waals surface area contributed by atoms with E-state index in [0.29, 0.717) is 18.5 Å². The van der Waals surface area contributed by atoms with Crippen molar-refractivity contribution in [3.63, 3.8) is 0 Å². The van der Waals surface area contributed by atoms with Gasteiger partial charge < -0.3 is 15.4 Å². The highest BCUT2D eigenvalue weighted by Gasteiger charge is 2.53. The fourth-order valence-corrected chi connectivity index (χ4v) is 2.64. The lowest BCUT2D eigenvalue weighted by molar-refractivity contribution is 0.325. The minimum absolute atomic E-state index is 0.583. The van der Waals surface area contributed by atoms with E-state index in [2.05, 4.69) is 20.6 Å². The molecule has 92 valence electrons. The Bertz CT molecular complexity index is 413. The van der Waals surface area contributed by atoms with Crippen LogP contribution in [0.5, 0.6) is 5.88 Å². The molecule has 1 aromatic rings. The minimum atomic E-state index is 0.583. The molecule has 1 aliphatic heterocycles. The summed E-state index contributed by atoms with van der Waals surface area (Å²) in [4.78, 5) is 8.64. The molecule has 0 spiro atoms. The van der Waals surface area contributed by atoms with Gasteiger partial charge in [-0.25, -0.2) is 4.98 Å². The number of aromatic nitrogens is 2. The Balaban J connectivity index is 1.70. The summed E-state index contributed by atoms with van der Waals surface area (Å²) < 4.78 is 5.42. The molecular formula is C12H18N4O. The summed E-state index contributed by atoms with van der Waals surface area (Å²) in [6.45, 7) is 6.74. The molecule has 5 nitrogen and oxygen atoms in total. The SMILES string of the molecule is CCOc1cc(NC2C3CNCC32)nc(C)n1. The van der Waals surface area contributed by atoms with Crippen LogP contribution in [0, 0.1) is 18.8 Å². The average Bonchev–Trinajstić information content (AvgIpc) is 2.74. The van der Waals surface area contributed by atoms with Gasteiger partial charge in [-0.3, -0.25) is 0 Å². The predicted octanol–water partition coefficient (Wildman–Crippen LogP) is 0.813. The number of rotatable bonds is 4. The molecule has 2 unspecified atom stereocenters. The topological polar surface area (TPSA) is 59.1 Å². The molecular weight excluding hydrogens is 216 g/mol. The number of ether oxygens (including phenoxy) is 1. The van der Waals surface area contributed by atoms with Gasteiger partial charge in [-0.05, 0) is 25.7 Å². The number of hydrogen-bond acceptors (Lipinski definition) is 5. The summed E-state index contributed by atoms with van der Waals surface area (Å²) in [6, 6.07) is 2.47. The first kappa shape index (κ1) is 10.8. The molecule has 0 aromatic carbocycles. The van der Waals surface area contributed by atoms with Gasteiger partial charge in [-0.1, -0.05) is 0 Å². The lowest BCUT2D eigenvalue weighted by Gasteiger charge is -2.10. The second-order valence-corrected chi connectivity index (χ2v) is 4.73. The number of nitrogens with one attached hydrogen (secondary N) is 2. The number of piperidine rings is 1. The minimum Gasteiger partial charge on any atom is -0.478 e. The first-order valence-corrected chi connectivity index (χ1v) is 6.23. The summed E-state index contributed by atoms with van der Waals surface area (Å²) >= 11 is 0. The van der Waals surface area contributed by atoms with Crippen molar-refractivity contribution in [3.8, 4) is 5.88 Å². The van der Waals surface area contributed by atoms with Crippen LogP contribution in [0.3, 0.4) is 0 Å². The summed E-state index contributed by atoms with van der Waals surface area (Å²) in [5.74, 6) is 3.86. The molecule has 1 saturated carbocycles. The van der Waals surface area contributed by atoms with Gasteiger partial charge in [0.2, 0.25) is 5.88 Å². The summed E-state index contributed by atoms with van der Waals surface area (Å²) in [5, 5.41) is 6.87. The number of fused-ring (bicyclic) bond motifs is 1. The van der Waals surface area contributed by atoms with E-state index in [4.69, 9.17) is 4.74 Å². The van der Waals surface area contributed by atoms with Crippen molar-refractivity contribution in [1.29, 1.82) is 0 Å². The molecule has 1 aliphatic carbocycles. The molecule has 2 N–H and O–H groups in total. The highest BCUT2D eigenvalue weighted by Crippen LogP contribution is 2.43. The Morgan fingerprint density at radius 1 is 1.41 bits per heavy atom. The van der Waals surface area contributed by atoms with Crippen LogP contribution in [-0.4, -0.2) is 35.7 Å². The van der Waals surface area contributed by atoms with E-state index in [9.17, 15) is 0 Å². The highest BCUT2D eigenvalue weighted by atomic mass is 16.5. The zero-order chi connectivity index (χ0) is 11.8. The molecule has 0 amide bonds. The lowest BCUT2D eigenvalue weighted by atomic mass is 10.4. The smallest absolute Gasteiger partial charge is 0.218 e. The third-order valence-corrected chi connectivity index (χ3v) is 3.51. The van der Waals surface area contributed by atoms with Gasteiger partial charge in [0, 0.05) is 25.2 Å². The van der Waals surface area contributed by atoms with Gasteiger partial charge in [0.15, 0.2) is 0 Å². The molecule has 1 aromatic heterocycles. The Kier molecular flexibility index (Phi) is 2.63. The van der Waals surface area contributed by atoms with E-state index in [1.54, 1.807) is 0 Å². The van der Waals surface area contributed by atoms with Crippen LogP contribution < -0.4 is 15.4 Å². The molecule has 3 rings (SSSR count). The molecule has 2 atom stereocenters. The van der Waals surface area contributed by atoms with Crippen molar-refractivity contribution in [3.05, 3.63) is 11.9 Å². The van der Waals surface area contributed by atoms with Gasteiger partial charge in [0.05, 0.1) is 6.61 Å². The molecule has 5 heteroatoms. The number of anilines is 1. The van der Waals surface area contributed by atoms with Gasteiger partial charge in [-0.2, -0.15) is 4.98 Å². The van der Waals surface area contributed by atoms with E-state index >= 15 is 0 Å². The summed E-state index contributed by atoms with van der Waals surface area (Å²) in [5.41, 5.74) is 0.